The van der Waals surface area contributed by atoms with Crippen molar-refractivity contribution in [3.63, 3.8) is 0 Å². The third kappa shape index (κ3) is 1.06. The minimum absolute atomic E-state index is 0.0765. The molecular weight excluding hydrogens is 158 g/mol. The summed E-state index contributed by atoms with van der Waals surface area (Å²) < 4.78 is 6.87. The Morgan fingerprint density at radius 1 is 1.58 bits per heavy atom. The van der Waals surface area contributed by atoms with Crippen LogP contribution in [0.3, 0.4) is 0 Å². The molecule has 0 atom stereocenters. The van der Waals surface area contributed by atoms with Crippen LogP contribution in [-0.2, 0) is 6.61 Å². The molecule has 2 rings (SSSR count). The first-order valence-corrected chi connectivity index (χ1v) is 3.95. The third-order valence-electron chi connectivity index (χ3n) is 1.97. The van der Waals surface area contributed by atoms with Crippen LogP contribution in [0, 0.1) is 0 Å². The molecule has 1 aromatic heterocycles. The van der Waals surface area contributed by atoms with E-state index in [0.717, 1.165) is 12.8 Å². The van der Waals surface area contributed by atoms with Gasteiger partial charge in [-0.25, -0.2) is 0 Å². The van der Waals surface area contributed by atoms with Gasteiger partial charge in [-0.2, -0.15) is 0 Å². The molecule has 1 aliphatic rings. The second-order valence-corrected chi connectivity index (χ2v) is 2.86. The van der Waals surface area contributed by atoms with Gasteiger partial charge in [0.15, 0.2) is 5.82 Å². The topological polar surface area (TPSA) is 60.2 Å². The lowest BCUT2D eigenvalue weighted by atomic mass is 10.5. The van der Waals surface area contributed by atoms with Gasteiger partial charge in [0, 0.05) is 6.04 Å². The smallest absolute Gasteiger partial charge is 0.317 e. The molecule has 5 nitrogen and oxygen atoms in total. The number of hydrogen-bond donors (Lipinski definition) is 1. The maximum atomic E-state index is 8.93. The summed E-state index contributed by atoms with van der Waals surface area (Å²) in [5.41, 5.74) is 0. The molecular formula is C7H11N3O2. The van der Waals surface area contributed by atoms with E-state index in [9.17, 15) is 0 Å². The summed E-state index contributed by atoms with van der Waals surface area (Å²) in [5.74, 6) is 0.592. The lowest BCUT2D eigenvalue weighted by Crippen LogP contribution is -2.03. The van der Waals surface area contributed by atoms with Gasteiger partial charge in [-0.1, -0.05) is 5.10 Å². The molecule has 1 aliphatic carbocycles. The van der Waals surface area contributed by atoms with Crippen LogP contribution in [0.15, 0.2) is 0 Å². The quantitative estimate of drug-likeness (QED) is 0.697. The highest BCUT2D eigenvalue weighted by Gasteiger charge is 2.29. The Morgan fingerprint density at radius 3 is 2.83 bits per heavy atom. The second kappa shape index (κ2) is 2.75. The zero-order valence-corrected chi connectivity index (χ0v) is 6.90. The molecule has 1 N–H and O–H groups in total. The van der Waals surface area contributed by atoms with E-state index in [1.54, 1.807) is 7.11 Å². The normalized spacial score (nSPS) is 16.5. The van der Waals surface area contributed by atoms with Crippen LogP contribution in [0.5, 0.6) is 6.01 Å². The number of aromatic nitrogens is 3. The van der Waals surface area contributed by atoms with Crippen LogP contribution in [0.1, 0.15) is 24.7 Å². The van der Waals surface area contributed by atoms with E-state index in [0.29, 0.717) is 17.9 Å². The first-order chi connectivity index (χ1) is 5.86. The molecule has 0 aliphatic heterocycles. The molecule has 1 heterocycles. The summed E-state index contributed by atoms with van der Waals surface area (Å²) in [6.45, 7) is -0.0765. The molecule has 66 valence electrons. The number of aliphatic hydroxyl groups is 1. The van der Waals surface area contributed by atoms with E-state index in [4.69, 9.17) is 9.84 Å². The summed E-state index contributed by atoms with van der Waals surface area (Å²) in [5, 5.41) is 16.5. The summed E-state index contributed by atoms with van der Waals surface area (Å²) >= 11 is 0. The Balaban J connectivity index is 2.36. The van der Waals surface area contributed by atoms with Crippen molar-refractivity contribution in [1.29, 1.82) is 0 Å². The molecule has 0 aromatic carbocycles. The molecule has 0 bridgehead atoms. The second-order valence-electron chi connectivity index (χ2n) is 2.86. The number of aliphatic hydroxyl groups excluding tert-OH is 1. The molecule has 1 saturated carbocycles. The van der Waals surface area contributed by atoms with Crippen molar-refractivity contribution in [2.45, 2.75) is 25.5 Å². The van der Waals surface area contributed by atoms with Crippen LogP contribution in [0.4, 0.5) is 0 Å². The number of methoxy groups -OCH3 is 1. The molecule has 5 heteroatoms. The van der Waals surface area contributed by atoms with Crippen molar-refractivity contribution in [1.82, 2.24) is 14.8 Å². The fourth-order valence-electron chi connectivity index (χ4n) is 1.25. The number of hydrogen-bond acceptors (Lipinski definition) is 4. The Kier molecular flexibility index (Phi) is 1.73. The van der Waals surface area contributed by atoms with E-state index in [1.807, 2.05) is 4.57 Å². The van der Waals surface area contributed by atoms with Crippen molar-refractivity contribution in [3.05, 3.63) is 5.82 Å². The summed E-state index contributed by atoms with van der Waals surface area (Å²) in [7, 11) is 1.56. The molecule has 0 saturated heterocycles. The Bertz CT molecular complexity index is 259. The molecule has 0 amide bonds. The van der Waals surface area contributed by atoms with Gasteiger partial charge >= 0.3 is 6.01 Å². The van der Waals surface area contributed by atoms with Gasteiger partial charge in [-0.05, 0) is 12.8 Å². The predicted octanol–water partition coefficient (Wildman–Crippen LogP) is 0.114. The Labute approximate surface area is 70.0 Å². The Morgan fingerprint density at radius 2 is 2.33 bits per heavy atom. The van der Waals surface area contributed by atoms with Gasteiger partial charge in [0.25, 0.3) is 0 Å². The van der Waals surface area contributed by atoms with Gasteiger partial charge < -0.3 is 9.84 Å². The van der Waals surface area contributed by atoms with Gasteiger partial charge in [0.2, 0.25) is 0 Å². The Hall–Kier alpha value is -1.10. The monoisotopic (exact) mass is 169 g/mol. The largest absolute Gasteiger partial charge is 0.467 e. The van der Waals surface area contributed by atoms with Gasteiger partial charge in [-0.15, -0.1) is 5.10 Å². The minimum atomic E-state index is -0.0765. The van der Waals surface area contributed by atoms with E-state index >= 15 is 0 Å². The molecule has 12 heavy (non-hydrogen) atoms. The van der Waals surface area contributed by atoms with Crippen LogP contribution < -0.4 is 4.74 Å². The van der Waals surface area contributed by atoms with E-state index in [2.05, 4.69) is 10.2 Å². The van der Waals surface area contributed by atoms with E-state index < -0.39 is 0 Å². The minimum Gasteiger partial charge on any atom is -0.467 e. The lowest BCUT2D eigenvalue weighted by molar-refractivity contribution is 0.261. The van der Waals surface area contributed by atoms with Crippen molar-refractivity contribution in [2.24, 2.45) is 0 Å². The number of rotatable bonds is 3. The van der Waals surface area contributed by atoms with Gasteiger partial charge in [0.1, 0.15) is 6.61 Å². The number of nitrogens with zero attached hydrogens (tertiary/aromatic N) is 3. The molecule has 1 aromatic rings. The zero-order chi connectivity index (χ0) is 8.55. The molecule has 0 radical (unpaired) electrons. The summed E-state index contributed by atoms with van der Waals surface area (Å²) in [6.07, 6.45) is 2.25. The zero-order valence-electron chi connectivity index (χ0n) is 6.90. The average Bonchev–Trinajstić information content (AvgIpc) is 2.85. The fraction of sp³-hybridized carbons (Fsp3) is 0.714. The van der Waals surface area contributed by atoms with Crippen molar-refractivity contribution < 1.29 is 9.84 Å². The third-order valence-corrected chi connectivity index (χ3v) is 1.97. The van der Waals surface area contributed by atoms with Gasteiger partial charge in [0.05, 0.1) is 7.11 Å². The maximum Gasteiger partial charge on any atom is 0.317 e. The van der Waals surface area contributed by atoms with Crippen LogP contribution in [-0.4, -0.2) is 27.0 Å². The van der Waals surface area contributed by atoms with Gasteiger partial charge in [-0.3, -0.25) is 4.57 Å². The van der Waals surface area contributed by atoms with E-state index in [1.165, 1.54) is 0 Å². The van der Waals surface area contributed by atoms with Crippen molar-refractivity contribution in [2.75, 3.05) is 7.11 Å². The number of ether oxygens (including phenoxy) is 1. The highest BCUT2D eigenvalue weighted by molar-refractivity contribution is 5.06. The average molecular weight is 169 g/mol. The SMILES string of the molecule is COc1nnc(CO)n1C1CC1. The summed E-state index contributed by atoms with van der Waals surface area (Å²) in [6, 6.07) is 0.943. The highest BCUT2D eigenvalue weighted by Crippen LogP contribution is 2.38. The van der Waals surface area contributed by atoms with Crippen LogP contribution in [0.2, 0.25) is 0 Å². The standard InChI is InChI=1S/C7H11N3O2/c1-12-7-9-8-6(4-11)10(7)5-2-3-5/h5,11H,2-4H2,1H3. The molecule has 1 fully saturated rings. The maximum absolute atomic E-state index is 8.93. The lowest BCUT2D eigenvalue weighted by Gasteiger charge is -2.04. The molecule has 0 spiro atoms. The molecule has 0 unspecified atom stereocenters. The first kappa shape index (κ1) is 7.54. The van der Waals surface area contributed by atoms with Crippen LogP contribution in [0.25, 0.3) is 0 Å². The van der Waals surface area contributed by atoms with Crippen LogP contribution >= 0.6 is 0 Å². The predicted molar refractivity (Wildman–Crippen MR) is 40.8 cm³/mol. The van der Waals surface area contributed by atoms with Crippen molar-refractivity contribution >= 4 is 0 Å². The van der Waals surface area contributed by atoms with Crippen molar-refractivity contribution in [3.8, 4) is 6.01 Å². The fourth-order valence-corrected chi connectivity index (χ4v) is 1.25. The van der Waals surface area contributed by atoms with E-state index in [-0.39, 0.29) is 6.61 Å². The summed E-state index contributed by atoms with van der Waals surface area (Å²) in [4.78, 5) is 0. The highest BCUT2D eigenvalue weighted by atomic mass is 16.5. The first-order valence-electron chi connectivity index (χ1n) is 3.95.